The molecule has 3 heterocycles. The predicted octanol–water partition coefficient (Wildman–Crippen LogP) is 6.35. The number of carbonyl (C=O) groups excluding carboxylic acids is 3. The number of rotatable bonds is 6. The van der Waals surface area contributed by atoms with Gasteiger partial charge in [-0.3, -0.25) is 9.59 Å². The number of aromatic nitrogens is 1. The van der Waals surface area contributed by atoms with Crippen molar-refractivity contribution in [2.45, 2.75) is 13.8 Å². The molecule has 0 saturated carbocycles. The first-order valence-corrected chi connectivity index (χ1v) is 11.9. The van der Waals surface area contributed by atoms with E-state index in [9.17, 15) is 14.4 Å². The van der Waals surface area contributed by atoms with Gasteiger partial charge in [-0.15, -0.1) is 22.7 Å². The number of thiophene rings is 2. The Labute approximate surface area is 202 Å². The summed E-state index contributed by atoms with van der Waals surface area (Å²) in [4.78, 5) is 37.8. The van der Waals surface area contributed by atoms with Gasteiger partial charge in [-0.1, -0.05) is 5.11 Å². The third kappa shape index (κ3) is 10.1. The number of halogens is 2. The standard InChI is InChI=1S/C9H8BrNO2S.C5H3BrOS.C4H7N3O2/c1-2-13-9(12)6-3-7-5(11-6)4-8(10)14-7;6-5-2-1-4(3-7)8-5;1-2-9-4(8)3-6-7-5/h3-4,11H,2H2,1H3;1-3H;2-3H2,1H3. The van der Waals surface area contributed by atoms with Gasteiger partial charge in [0.05, 0.1) is 35.9 Å². The zero-order chi connectivity index (χ0) is 23.2. The van der Waals surface area contributed by atoms with E-state index in [2.05, 4.69) is 51.6 Å². The van der Waals surface area contributed by atoms with Crippen LogP contribution in [0.15, 0.2) is 37.0 Å². The number of hydrogen-bond donors (Lipinski definition) is 1. The SMILES string of the molecule is CCOC(=O)CN=[N+]=[N-].CCOC(=O)c1cc2sc(Br)cc2[nH]1.O=Cc1ccc(Br)s1. The van der Waals surface area contributed by atoms with Crippen molar-refractivity contribution < 1.29 is 23.9 Å². The zero-order valence-electron chi connectivity index (χ0n) is 16.5. The molecule has 9 nitrogen and oxygen atoms in total. The van der Waals surface area contributed by atoms with Gasteiger partial charge in [-0.25, -0.2) is 4.79 Å². The fraction of sp³-hybridized carbons (Fsp3) is 0.278. The fourth-order valence-electron chi connectivity index (χ4n) is 1.90. The second-order valence-electron chi connectivity index (χ2n) is 5.19. The van der Waals surface area contributed by atoms with Crippen molar-refractivity contribution in [1.29, 1.82) is 0 Å². The molecule has 0 aliphatic carbocycles. The van der Waals surface area contributed by atoms with Crippen LogP contribution in [0.2, 0.25) is 0 Å². The van der Waals surface area contributed by atoms with Gasteiger partial charge >= 0.3 is 11.9 Å². The topological polar surface area (TPSA) is 134 Å². The van der Waals surface area contributed by atoms with Crippen molar-refractivity contribution in [3.05, 3.63) is 52.9 Å². The van der Waals surface area contributed by atoms with Crippen LogP contribution in [0.25, 0.3) is 20.7 Å². The highest BCUT2D eigenvalue weighted by Crippen LogP contribution is 2.30. The largest absolute Gasteiger partial charge is 0.466 e. The maximum atomic E-state index is 11.3. The normalized spacial score (nSPS) is 9.42. The van der Waals surface area contributed by atoms with Crippen molar-refractivity contribution in [1.82, 2.24) is 4.98 Å². The summed E-state index contributed by atoms with van der Waals surface area (Å²) < 4.78 is 12.4. The van der Waals surface area contributed by atoms with Gasteiger partial charge in [0.15, 0.2) is 6.29 Å². The third-order valence-corrected chi connectivity index (χ3v) is 6.18. The molecular weight excluding hydrogens is 576 g/mol. The van der Waals surface area contributed by atoms with Crippen molar-refractivity contribution in [2.24, 2.45) is 5.11 Å². The minimum atomic E-state index is -0.490. The number of aldehydes is 1. The Morgan fingerprint density at radius 2 is 1.87 bits per heavy atom. The minimum Gasteiger partial charge on any atom is -0.466 e. The lowest BCUT2D eigenvalue weighted by Crippen LogP contribution is -2.06. The number of esters is 2. The number of carbonyl (C=O) groups is 3. The van der Waals surface area contributed by atoms with E-state index in [1.54, 1.807) is 31.3 Å². The van der Waals surface area contributed by atoms with E-state index in [4.69, 9.17) is 10.3 Å². The van der Waals surface area contributed by atoms with Crippen molar-refractivity contribution >= 4 is 83.0 Å². The van der Waals surface area contributed by atoms with E-state index in [0.717, 1.165) is 29.0 Å². The summed E-state index contributed by atoms with van der Waals surface area (Å²) in [5.74, 6) is -0.790. The van der Waals surface area contributed by atoms with E-state index >= 15 is 0 Å². The summed E-state index contributed by atoms with van der Waals surface area (Å²) in [7, 11) is 0. The Balaban J connectivity index is 0.000000247. The molecule has 0 unspecified atom stereocenters. The van der Waals surface area contributed by atoms with Crippen LogP contribution in [-0.2, 0) is 14.3 Å². The molecule has 166 valence electrons. The Hall–Kier alpha value is -2.18. The lowest BCUT2D eigenvalue weighted by atomic mass is 10.4. The molecule has 0 atom stereocenters. The Morgan fingerprint density at radius 1 is 1.16 bits per heavy atom. The number of H-pyrrole nitrogens is 1. The van der Waals surface area contributed by atoms with E-state index in [0.29, 0.717) is 18.9 Å². The highest BCUT2D eigenvalue weighted by atomic mass is 79.9. The number of hydrogen-bond acceptors (Lipinski definition) is 8. The highest BCUT2D eigenvalue weighted by Gasteiger charge is 2.11. The molecule has 3 rings (SSSR count). The lowest BCUT2D eigenvalue weighted by molar-refractivity contribution is -0.141. The summed E-state index contributed by atoms with van der Waals surface area (Å²) in [5.41, 5.74) is 9.21. The lowest BCUT2D eigenvalue weighted by Gasteiger charge is -1.96. The summed E-state index contributed by atoms with van der Waals surface area (Å²) in [6, 6.07) is 7.39. The van der Waals surface area contributed by atoms with Crippen molar-refractivity contribution in [3.63, 3.8) is 0 Å². The molecule has 0 saturated heterocycles. The molecular formula is C18H18Br2N4O5S2. The Morgan fingerprint density at radius 3 is 2.35 bits per heavy atom. The van der Waals surface area contributed by atoms with Crippen LogP contribution in [0.4, 0.5) is 0 Å². The van der Waals surface area contributed by atoms with Crippen LogP contribution in [0.1, 0.15) is 34.0 Å². The molecule has 0 fully saturated rings. The molecule has 3 aromatic heterocycles. The number of ether oxygens (including phenoxy) is 2. The van der Waals surface area contributed by atoms with Gasteiger partial charge in [0.25, 0.3) is 0 Å². The second kappa shape index (κ2) is 14.8. The van der Waals surface area contributed by atoms with E-state index in [1.807, 2.05) is 18.2 Å². The third-order valence-electron chi connectivity index (χ3n) is 3.05. The smallest absolute Gasteiger partial charge is 0.354 e. The molecule has 0 amide bonds. The van der Waals surface area contributed by atoms with Gasteiger partial charge in [-0.05, 0) is 75.5 Å². The van der Waals surface area contributed by atoms with E-state index in [-0.39, 0.29) is 12.5 Å². The van der Waals surface area contributed by atoms with Crippen LogP contribution in [0, 0.1) is 0 Å². The number of fused-ring (bicyclic) bond motifs is 1. The molecule has 0 bridgehead atoms. The van der Waals surface area contributed by atoms with Gasteiger partial charge in [0, 0.05) is 4.91 Å². The minimum absolute atomic E-state index is 0.218. The quantitative estimate of drug-likeness (QED) is 0.117. The van der Waals surface area contributed by atoms with Gasteiger partial charge in [0.1, 0.15) is 12.2 Å². The summed E-state index contributed by atoms with van der Waals surface area (Å²) in [6.45, 7) is 3.98. The first-order valence-electron chi connectivity index (χ1n) is 8.66. The molecule has 0 aliphatic rings. The average Bonchev–Trinajstić information content (AvgIpc) is 3.42. The van der Waals surface area contributed by atoms with Crippen LogP contribution in [0.3, 0.4) is 0 Å². The molecule has 13 heteroatoms. The summed E-state index contributed by atoms with van der Waals surface area (Å²) in [6.07, 6.45) is 0.843. The zero-order valence-corrected chi connectivity index (χ0v) is 21.3. The van der Waals surface area contributed by atoms with Crippen LogP contribution < -0.4 is 0 Å². The average molecular weight is 594 g/mol. The molecule has 0 spiro atoms. The Kier molecular flexibility index (Phi) is 12.8. The fourth-order valence-corrected chi connectivity index (χ4v) is 4.67. The first kappa shape index (κ1) is 26.9. The predicted molar refractivity (Wildman–Crippen MR) is 128 cm³/mol. The van der Waals surface area contributed by atoms with Crippen LogP contribution in [0.5, 0.6) is 0 Å². The van der Waals surface area contributed by atoms with Gasteiger partial charge in [0.2, 0.25) is 0 Å². The van der Waals surface area contributed by atoms with Crippen LogP contribution in [-0.4, -0.2) is 43.0 Å². The molecule has 0 aliphatic heterocycles. The van der Waals surface area contributed by atoms with Gasteiger partial charge in [-0.2, -0.15) is 0 Å². The van der Waals surface area contributed by atoms with Crippen LogP contribution >= 0.6 is 54.5 Å². The highest BCUT2D eigenvalue weighted by molar-refractivity contribution is 9.11. The maximum Gasteiger partial charge on any atom is 0.354 e. The summed E-state index contributed by atoms with van der Waals surface area (Å²) >= 11 is 9.63. The number of nitrogens with one attached hydrogen (secondary N) is 1. The molecule has 0 aromatic carbocycles. The van der Waals surface area contributed by atoms with Crippen molar-refractivity contribution in [2.75, 3.05) is 19.8 Å². The number of azide groups is 1. The second-order valence-corrected chi connectivity index (χ2v) is 10.1. The number of aromatic amines is 1. The van der Waals surface area contributed by atoms with Gasteiger partial charge < -0.3 is 14.5 Å². The maximum absolute atomic E-state index is 11.3. The molecule has 3 aromatic rings. The summed E-state index contributed by atoms with van der Waals surface area (Å²) in [5, 5.41) is 3.00. The molecule has 1 N–H and O–H groups in total. The van der Waals surface area contributed by atoms with E-state index < -0.39 is 5.97 Å². The number of nitrogens with zero attached hydrogens (tertiary/aromatic N) is 3. The molecule has 0 radical (unpaired) electrons. The Bertz CT molecular complexity index is 1030. The van der Waals surface area contributed by atoms with E-state index in [1.165, 1.54) is 11.3 Å². The monoisotopic (exact) mass is 592 g/mol. The molecule has 31 heavy (non-hydrogen) atoms. The first-order chi connectivity index (χ1) is 14.8. The van der Waals surface area contributed by atoms with Crippen molar-refractivity contribution in [3.8, 4) is 0 Å².